The Morgan fingerprint density at radius 2 is 2.00 bits per heavy atom. The molecule has 4 heteroatoms. The molecule has 18 heavy (non-hydrogen) atoms. The van der Waals surface area contributed by atoms with E-state index >= 15 is 0 Å². The number of rotatable bonds is 3. The topological polar surface area (TPSA) is 50.9 Å². The van der Waals surface area contributed by atoms with Crippen LogP contribution < -0.4 is 11.1 Å². The summed E-state index contributed by atoms with van der Waals surface area (Å²) in [6.07, 6.45) is 6.12. The maximum Gasteiger partial charge on any atom is 0.183 e. The van der Waals surface area contributed by atoms with Crippen molar-refractivity contribution in [1.82, 2.24) is 4.98 Å². The predicted molar refractivity (Wildman–Crippen MR) is 78.1 cm³/mol. The lowest BCUT2D eigenvalue weighted by atomic mass is 9.82. The van der Waals surface area contributed by atoms with Crippen LogP contribution in [0.4, 0.5) is 5.13 Å². The van der Waals surface area contributed by atoms with Crippen molar-refractivity contribution in [3.05, 3.63) is 24.3 Å². The first-order chi connectivity index (χ1) is 8.75. The molecule has 0 atom stereocenters. The van der Waals surface area contributed by atoms with Crippen LogP contribution in [-0.2, 0) is 0 Å². The number of para-hydroxylation sites is 1. The van der Waals surface area contributed by atoms with E-state index in [0.717, 1.165) is 30.0 Å². The maximum atomic E-state index is 6.42. The molecule has 2 aromatic rings. The minimum Gasteiger partial charge on any atom is -0.360 e. The van der Waals surface area contributed by atoms with E-state index in [2.05, 4.69) is 28.5 Å². The molecule has 0 bridgehead atoms. The number of anilines is 1. The van der Waals surface area contributed by atoms with Crippen molar-refractivity contribution in [2.75, 3.05) is 11.9 Å². The molecule has 1 heterocycles. The van der Waals surface area contributed by atoms with E-state index in [9.17, 15) is 0 Å². The average Bonchev–Trinajstić information content (AvgIpc) is 2.80. The monoisotopic (exact) mass is 261 g/mol. The fourth-order valence-corrected chi connectivity index (χ4v) is 3.49. The zero-order valence-corrected chi connectivity index (χ0v) is 11.3. The summed E-state index contributed by atoms with van der Waals surface area (Å²) in [5, 5.41) is 4.42. The molecule has 0 spiro atoms. The van der Waals surface area contributed by atoms with E-state index in [1.165, 1.54) is 24.0 Å². The molecule has 0 unspecified atom stereocenters. The number of aromatic nitrogens is 1. The van der Waals surface area contributed by atoms with Gasteiger partial charge in [-0.2, -0.15) is 0 Å². The van der Waals surface area contributed by atoms with E-state index in [4.69, 9.17) is 5.73 Å². The maximum absolute atomic E-state index is 6.42. The molecule has 3 nitrogen and oxygen atoms in total. The van der Waals surface area contributed by atoms with Gasteiger partial charge in [-0.1, -0.05) is 42.7 Å². The highest BCUT2D eigenvalue weighted by Crippen LogP contribution is 2.29. The van der Waals surface area contributed by atoms with Crippen molar-refractivity contribution in [3.63, 3.8) is 0 Å². The molecule has 96 valence electrons. The average molecular weight is 261 g/mol. The second kappa shape index (κ2) is 4.86. The molecule has 1 saturated carbocycles. The minimum atomic E-state index is -0.0316. The number of nitrogens with zero attached hydrogens (tertiary/aromatic N) is 1. The highest BCUT2D eigenvalue weighted by Gasteiger charge is 2.27. The van der Waals surface area contributed by atoms with Crippen LogP contribution in [0.3, 0.4) is 0 Å². The first-order valence-electron chi connectivity index (χ1n) is 6.64. The summed E-state index contributed by atoms with van der Waals surface area (Å²) in [5.41, 5.74) is 7.45. The Balaban J connectivity index is 1.69. The highest BCUT2D eigenvalue weighted by atomic mass is 32.1. The third-order valence-electron chi connectivity index (χ3n) is 3.73. The van der Waals surface area contributed by atoms with Gasteiger partial charge in [0.15, 0.2) is 5.13 Å². The van der Waals surface area contributed by atoms with Crippen LogP contribution in [0.1, 0.15) is 32.1 Å². The number of hydrogen-bond donors (Lipinski definition) is 2. The molecule has 0 saturated heterocycles. The first kappa shape index (κ1) is 11.9. The normalized spacial score (nSPS) is 18.9. The van der Waals surface area contributed by atoms with Gasteiger partial charge in [-0.25, -0.2) is 4.98 Å². The number of benzene rings is 1. The Hall–Kier alpha value is -1.13. The largest absolute Gasteiger partial charge is 0.360 e. The van der Waals surface area contributed by atoms with Gasteiger partial charge >= 0.3 is 0 Å². The van der Waals surface area contributed by atoms with Gasteiger partial charge in [0.05, 0.1) is 10.2 Å². The van der Waals surface area contributed by atoms with Gasteiger partial charge in [-0.05, 0) is 25.0 Å². The SMILES string of the molecule is NC1(CNc2nc3ccccc3s2)CCCCC1. The summed E-state index contributed by atoms with van der Waals surface area (Å²) >= 11 is 1.71. The zero-order valence-electron chi connectivity index (χ0n) is 10.5. The van der Waals surface area contributed by atoms with Crippen LogP contribution in [0.15, 0.2) is 24.3 Å². The third-order valence-corrected chi connectivity index (χ3v) is 4.73. The Morgan fingerprint density at radius 1 is 1.22 bits per heavy atom. The lowest BCUT2D eigenvalue weighted by molar-refractivity contribution is 0.311. The molecule has 0 amide bonds. The standard InChI is InChI=1S/C14H19N3S/c15-14(8-4-1-5-9-14)10-16-13-17-11-6-2-3-7-12(11)18-13/h2-3,6-7H,1,4-5,8-10,15H2,(H,16,17). The van der Waals surface area contributed by atoms with Gasteiger partial charge in [0.2, 0.25) is 0 Å². The summed E-state index contributed by atoms with van der Waals surface area (Å²) in [6, 6.07) is 8.24. The van der Waals surface area contributed by atoms with E-state index in [-0.39, 0.29) is 5.54 Å². The first-order valence-corrected chi connectivity index (χ1v) is 7.45. The Labute approximate surface area is 111 Å². The van der Waals surface area contributed by atoms with E-state index in [1.54, 1.807) is 11.3 Å². The van der Waals surface area contributed by atoms with Gasteiger partial charge in [-0.15, -0.1) is 0 Å². The second-order valence-corrected chi connectivity index (χ2v) is 6.29. The number of thiazole rings is 1. The molecule has 3 N–H and O–H groups in total. The fourth-order valence-electron chi connectivity index (χ4n) is 2.63. The summed E-state index contributed by atoms with van der Waals surface area (Å²) in [4.78, 5) is 4.58. The predicted octanol–water partition coefficient (Wildman–Crippen LogP) is 3.37. The Kier molecular flexibility index (Phi) is 3.22. The quantitative estimate of drug-likeness (QED) is 0.890. The van der Waals surface area contributed by atoms with Gasteiger partial charge in [0, 0.05) is 12.1 Å². The van der Waals surface area contributed by atoms with Crippen LogP contribution in [0, 0.1) is 0 Å². The van der Waals surface area contributed by atoms with E-state index in [1.807, 2.05) is 6.07 Å². The van der Waals surface area contributed by atoms with Gasteiger partial charge in [0.25, 0.3) is 0 Å². The van der Waals surface area contributed by atoms with Crippen molar-refractivity contribution in [2.24, 2.45) is 5.73 Å². The third kappa shape index (κ3) is 2.49. The Bertz CT molecular complexity index is 496. The minimum absolute atomic E-state index is 0.0316. The zero-order chi connectivity index (χ0) is 12.4. The molecule has 1 aliphatic rings. The van der Waals surface area contributed by atoms with Crippen LogP contribution in [-0.4, -0.2) is 17.1 Å². The molecule has 3 rings (SSSR count). The summed E-state index contributed by atoms with van der Waals surface area (Å²) < 4.78 is 1.23. The number of hydrogen-bond acceptors (Lipinski definition) is 4. The molecular formula is C14H19N3S. The highest BCUT2D eigenvalue weighted by molar-refractivity contribution is 7.22. The van der Waals surface area contributed by atoms with Crippen molar-refractivity contribution in [1.29, 1.82) is 0 Å². The molecule has 1 aromatic heterocycles. The number of nitrogens with two attached hydrogens (primary N) is 1. The number of fused-ring (bicyclic) bond motifs is 1. The van der Waals surface area contributed by atoms with Crippen molar-refractivity contribution in [2.45, 2.75) is 37.6 Å². The smallest absolute Gasteiger partial charge is 0.183 e. The molecule has 1 aromatic carbocycles. The van der Waals surface area contributed by atoms with Gasteiger partial charge < -0.3 is 11.1 Å². The van der Waals surface area contributed by atoms with Gasteiger partial charge in [-0.3, -0.25) is 0 Å². The van der Waals surface area contributed by atoms with Crippen molar-refractivity contribution in [3.8, 4) is 0 Å². The van der Waals surface area contributed by atoms with Crippen LogP contribution in [0.25, 0.3) is 10.2 Å². The lowest BCUT2D eigenvalue weighted by Crippen LogP contribution is -2.47. The molecule has 0 radical (unpaired) electrons. The van der Waals surface area contributed by atoms with Crippen LogP contribution >= 0.6 is 11.3 Å². The lowest BCUT2D eigenvalue weighted by Gasteiger charge is -2.33. The summed E-state index contributed by atoms with van der Waals surface area (Å²) in [5.74, 6) is 0. The van der Waals surface area contributed by atoms with Crippen LogP contribution in [0.5, 0.6) is 0 Å². The summed E-state index contributed by atoms with van der Waals surface area (Å²) in [7, 11) is 0. The summed E-state index contributed by atoms with van der Waals surface area (Å²) in [6.45, 7) is 0.840. The molecule has 1 aliphatic carbocycles. The van der Waals surface area contributed by atoms with Crippen molar-refractivity contribution >= 4 is 26.7 Å². The van der Waals surface area contributed by atoms with Crippen molar-refractivity contribution < 1.29 is 0 Å². The molecule has 1 fully saturated rings. The number of nitrogens with one attached hydrogen (secondary N) is 1. The molecule has 0 aliphatic heterocycles. The second-order valence-electron chi connectivity index (χ2n) is 5.26. The Morgan fingerprint density at radius 3 is 2.78 bits per heavy atom. The van der Waals surface area contributed by atoms with E-state index in [0.29, 0.717) is 0 Å². The van der Waals surface area contributed by atoms with Crippen LogP contribution in [0.2, 0.25) is 0 Å². The van der Waals surface area contributed by atoms with E-state index < -0.39 is 0 Å². The molecular weight excluding hydrogens is 242 g/mol. The van der Waals surface area contributed by atoms with Gasteiger partial charge in [0.1, 0.15) is 0 Å². The fraction of sp³-hybridized carbons (Fsp3) is 0.500.